The van der Waals surface area contributed by atoms with E-state index in [0.717, 1.165) is 28.9 Å². The fraction of sp³-hybridized carbons (Fsp3) is 0.400. The molecule has 0 fully saturated rings. The summed E-state index contributed by atoms with van der Waals surface area (Å²) in [6, 6.07) is 6.33. The first-order valence-corrected chi connectivity index (χ1v) is 7.60. The van der Waals surface area contributed by atoms with Gasteiger partial charge in [-0.05, 0) is 38.1 Å². The highest BCUT2D eigenvalue weighted by Gasteiger charge is 2.09. The number of benzene rings is 1. The minimum absolute atomic E-state index is 0.297. The number of nitrogens with one attached hydrogen (secondary N) is 1. The predicted molar refractivity (Wildman–Crippen MR) is 84.2 cm³/mol. The van der Waals surface area contributed by atoms with E-state index in [2.05, 4.69) is 46.3 Å². The van der Waals surface area contributed by atoms with Crippen molar-refractivity contribution in [3.8, 4) is 11.5 Å². The normalized spacial score (nSPS) is 12.4. The predicted octanol–water partition coefficient (Wildman–Crippen LogP) is 4.13. The fourth-order valence-electron chi connectivity index (χ4n) is 1.96. The Kier molecular flexibility index (Phi) is 5.20. The first-order valence-electron chi connectivity index (χ1n) is 6.81. The zero-order chi connectivity index (χ0) is 14.5. The molecule has 4 nitrogen and oxygen atoms in total. The van der Waals surface area contributed by atoms with Crippen LogP contribution in [0, 0.1) is 0 Å². The van der Waals surface area contributed by atoms with Gasteiger partial charge in [0.15, 0.2) is 5.75 Å². The van der Waals surface area contributed by atoms with Crippen LogP contribution in [-0.2, 0) is 6.54 Å². The van der Waals surface area contributed by atoms with E-state index in [4.69, 9.17) is 4.74 Å². The lowest BCUT2D eigenvalue weighted by atomic mass is 10.1. The Hall–Kier alpha value is -1.33. The number of hydrogen-bond acceptors (Lipinski definition) is 3. The van der Waals surface area contributed by atoms with Crippen molar-refractivity contribution in [3.05, 3.63) is 40.6 Å². The number of ether oxygens (including phenoxy) is 1. The van der Waals surface area contributed by atoms with Crippen LogP contribution in [0.2, 0.25) is 0 Å². The molecule has 1 heterocycles. The van der Waals surface area contributed by atoms with E-state index in [9.17, 15) is 0 Å². The van der Waals surface area contributed by atoms with Crippen LogP contribution in [0.4, 0.5) is 0 Å². The van der Waals surface area contributed by atoms with Gasteiger partial charge in [0.2, 0.25) is 0 Å². The molecule has 1 aromatic heterocycles. The maximum Gasteiger partial charge on any atom is 0.165 e. The zero-order valence-electron chi connectivity index (χ0n) is 12.1. The molecule has 0 spiro atoms. The molecule has 108 valence electrons. The number of aryl methyl sites for hydroxylation is 1. The largest absolute Gasteiger partial charge is 0.454 e. The third kappa shape index (κ3) is 3.61. The Morgan fingerprint density at radius 3 is 2.85 bits per heavy atom. The van der Waals surface area contributed by atoms with Crippen molar-refractivity contribution in [3.63, 3.8) is 0 Å². The van der Waals surface area contributed by atoms with Crippen LogP contribution in [0.1, 0.15) is 31.9 Å². The van der Waals surface area contributed by atoms with E-state index in [0.29, 0.717) is 6.04 Å². The molecular weight excluding hydrogens is 318 g/mol. The fourth-order valence-corrected chi connectivity index (χ4v) is 2.66. The topological polar surface area (TPSA) is 39.1 Å². The van der Waals surface area contributed by atoms with Gasteiger partial charge in [-0.2, -0.15) is 5.10 Å². The quantitative estimate of drug-likeness (QED) is 0.861. The maximum absolute atomic E-state index is 5.82. The van der Waals surface area contributed by atoms with Crippen molar-refractivity contribution < 1.29 is 4.74 Å². The van der Waals surface area contributed by atoms with Crippen LogP contribution < -0.4 is 10.1 Å². The molecule has 0 radical (unpaired) electrons. The molecule has 1 atom stereocenters. The lowest BCUT2D eigenvalue weighted by Gasteiger charge is -2.13. The van der Waals surface area contributed by atoms with E-state index >= 15 is 0 Å². The van der Waals surface area contributed by atoms with Crippen molar-refractivity contribution in [2.75, 3.05) is 7.05 Å². The molecule has 0 saturated carbocycles. The highest BCUT2D eigenvalue weighted by molar-refractivity contribution is 9.10. The number of nitrogens with zero attached hydrogens (tertiary/aromatic N) is 2. The summed E-state index contributed by atoms with van der Waals surface area (Å²) < 4.78 is 8.75. The first kappa shape index (κ1) is 15.1. The third-order valence-corrected chi connectivity index (χ3v) is 3.86. The Labute approximate surface area is 128 Å². The molecule has 20 heavy (non-hydrogen) atoms. The Morgan fingerprint density at radius 1 is 1.40 bits per heavy atom. The summed E-state index contributed by atoms with van der Waals surface area (Å²) in [7, 11) is 1.95. The van der Waals surface area contributed by atoms with Crippen LogP contribution in [0.15, 0.2) is 35.1 Å². The first-order chi connectivity index (χ1) is 9.63. The van der Waals surface area contributed by atoms with Crippen molar-refractivity contribution >= 4 is 15.9 Å². The molecule has 0 saturated heterocycles. The molecular formula is C15H20BrN3O. The summed E-state index contributed by atoms with van der Waals surface area (Å²) in [5, 5.41) is 7.48. The Bertz CT molecular complexity index is 568. The van der Waals surface area contributed by atoms with Gasteiger partial charge in [0.1, 0.15) is 5.75 Å². The number of aromatic nitrogens is 2. The third-order valence-electron chi connectivity index (χ3n) is 3.17. The molecule has 0 bridgehead atoms. The summed E-state index contributed by atoms with van der Waals surface area (Å²) in [6.07, 6.45) is 4.72. The molecule has 0 aliphatic heterocycles. The van der Waals surface area contributed by atoms with Gasteiger partial charge in [0.25, 0.3) is 0 Å². The minimum Gasteiger partial charge on any atom is -0.454 e. The van der Waals surface area contributed by atoms with Crippen molar-refractivity contribution in [1.82, 2.24) is 15.1 Å². The van der Waals surface area contributed by atoms with Gasteiger partial charge >= 0.3 is 0 Å². The summed E-state index contributed by atoms with van der Waals surface area (Å²) in [6.45, 7) is 5.15. The molecule has 0 aliphatic carbocycles. The van der Waals surface area contributed by atoms with Gasteiger partial charge in [-0.1, -0.05) is 28.9 Å². The zero-order valence-corrected chi connectivity index (χ0v) is 13.6. The molecule has 2 aromatic rings. The van der Waals surface area contributed by atoms with Crippen LogP contribution in [-0.4, -0.2) is 16.8 Å². The molecule has 1 unspecified atom stereocenters. The monoisotopic (exact) mass is 337 g/mol. The van der Waals surface area contributed by atoms with Gasteiger partial charge in [-0.25, -0.2) is 0 Å². The highest BCUT2D eigenvalue weighted by atomic mass is 79.9. The van der Waals surface area contributed by atoms with E-state index in [1.165, 1.54) is 5.56 Å². The lowest BCUT2D eigenvalue weighted by molar-refractivity contribution is 0.479. The maximum atomic E-state index is 5.82. The van der Waals surface area contributed by atoms with Crippen LogP contribution in [0.25, 0.3) is 0 Å². The average Bonchev–Trinajstić information content (AvgIpc) is 2.86. The minimum atomic E-state index is 0.297. The summed E-state index contributed by atoms with van der Waals surface area (Å²) in [4.78, 5) is 0. The van der Waals surface area contributed by atoms with Crippen LogP contribution in [0.5, 0.6) is 11.5 Å². The number of hydrogen-bond donors (Lipinski definition) is 1. The van der Waals surface area contributed by atoms with E-state index < -0.39 is 0 Å². The second-order valence-corrected chi connectivity index (χ2v) is 5.59. The Balaban J connectivity index is 2.11. The lowest BCUT2D eigenvalue weighted by Crippen LogP contribution is -2.12. The summed E-state index contributed by atoms with van der Waals surface area (Å²) >= 11 is 3.59. The van der Waals surface area contributed by atoms with Gasteiger partial charge in [-0.3, -0.25) is 4.68 Å². The van der Waals surface area contributed by atoms with Crippen molar-refractivity contribution in [2.24, 2.45) is 0 Å². The number of rotatable bonds is 6. The molecule has 0 amide bonds. The van der Waals surface area contributed by atoms with Crippen molar-refractivity contribution in [2.45, 2.75) is 32.9 Å². The standard InChI is InChI=1S/C15H20BrN3O/c1-4-7-19-10-13(9-18-19)20-12-5-6-14(11(2)17-3)15(16)8-12/h5-6,8-11,17H,4,7H2,1-3H3. The number of halogens is 1. The molecule has 0 aliphatic rings. The van der Waals surface area contributed by atoms with E-state index in [-0.39, 0.29) is 0 Å². The van der Waals surface area contributed by atoms with Gasteiger partial charge < -0.3 is 10.1 Å². The van der Waals surface area contributed by atoms with Crippen LogP contribution in [0.3, 0.4) is 0 Å². The Morgan fingerprint density at radius 2 is 2.20 bits per heavy atom. The smallest absolute Gasteiger partial charge is 0.165 e. The molecule has 2 rings (SSSR count). The van der Waals surface area contributed by atoms with E-state index in [1.807, 2.05) is 30.1 Å². The molecule has 1 aromatic carbocycles. The summed E-state index contributed by atoms with van der Waals surface area (Å²) in [5.41, 5.74) is 1.21. The summed E-state index contributed by atoms with van der Waals surface area (Å²) in [5.74, 6) is 1.57. The highest BCUT2D eigenvalue weighted by Crippen LogP contribution is 2.29. The second-order valence-electron chi connectivity index (χ2n) is 4.73. The van der Waals surface area contributed by atoms with Gasteiger partial charge in [0.05, 0.1) is 12.4 Å². The SMILES string of the molecule is CCCn1cc(Oc2ccc(C(C)NC)c(Br)c2)cn1. The van der Waals surface area contributed by atoms with Crippen LogP contribution >= 0.6 is 15.9 Å². The van der Waals surface area contributed by atoms with E-state index in [1.54, 1.807) is 6.20 Å². The van der Waals surface area contributed by atoms with Gasteiger partial charge in [0, 0.05) is 17.1 Å². The second kappa shape index (κ2) is 6.90. The van der Waals surface area contributed by atoms with Crippen molar-refractivity contribution in [1.29, 1.82) is 0 Å². The molecule has 5 heteroatoms. The molecule has 1 N–H and O–H groups in total. The average molecular weight is 338 g/mol. The van der Waals surface area contributed by atoms with Gasteiger partial charge in [-0.15, -0.1) is 0 Å².